The lowest BCUT2D eigenvalue weighted by molar-refractivity contribution is 0.00831. The highest BCUT2D eigenvalue weighted by Gasteiger charge is 2.49. The van der Waals surface area contributed by atoms with E-state index in [1.807, 2.05) is 6.20 Å². The Morgan fingerprint density at radius 3 is 2.72 bits per heavy atom. The topological polar surface area (TPSA) is 31.5 Å². The van der Waals surface area contributed by atoms with E-state index >= 15 is 0 Å². The third kappa shape index (κ3) is 2.93. The molecule has 0 amide bonds. The molecule has 4 heteroatoms. The molecule has 1 N–H and O–H groups in total. The van der Waals surface area contributed by atoms with Gasteiger partial charge in [-0.15, -0.1) is 0 Å². The first-order valence-electron chi connectivity index (χ1n) is 10.9. The Hall–Kier alpha value is -2.14. The summed E-state index contributed by atoms with van der Waals surface area (Å²) in [5.41, 5.74) is 7.45. The Morgan fingerprint density at radius 2 is 1.90 bits per heavy atom. The van der Waals surface area contributed by atoms with Gasteiger partial charge in [0.1, 0.15) is 0 Å². The van der Waals surface area contributed by atoms with Crippen molar-refractivity contribution in [2.45, 2.75) is 30.8 Å². The SMILES string of the molecule is CN1Cc2cc(C3(N4CCOCC4)CC3)ccc2C(c2ccc3cc[nH]c3c2)C1. The van der Waals surface area contributed by atoms with Gasteiger partial charge in [0.15, 0.2) is 0 Å². The summed E-state index contributed by atoms with van der Waals surface area (Å²) in [6.45, 7) is 6.00. The summed E-state index contributed by atoms with van der Waals surface area (Å²) in [6.07, 6.45) is 4.60. The molecule has 1 saturated heterocycles. The molecule has 3 aliphatic rings. The second kappa shape index (κ2) is 6.69. The van der Waals surface area contributed by atoms with Gasteiger partial charge in [-0.1, -0.05) is 30.3 Å². The molecular weight excluding hydrogens is 358 g/mol. The summed E-state index contributed by atoms with van der Waals surface area (Å²) >= 11 is 0. The highest BCUT2D eigenvalue weighted by atomic mass is 16.5. The maximum atomic E-state index is 5.60. The number of H-pyrrole nitrogens is 1. The van der Waals surface area contributed by atoms with Crippen molar-refractivity contribution in [3.63, 3.8) is 0 Å². The molecule has 6 rings (SSSR count). The lowest BCUT2D eigenvalue weighted by Gasteiger charge is -2.37. The number of aromatic nitrogens is 1. The van der Waals surface area contributed by atoms with Gasteiger partial charge in [-0.3, -0.25) is 4.90 Å². The van der Waals surface area contributed by atoms with Crippen molar-refractivity contribution in [2.75, 3.05) is 39.9 Å². The zero-order valence-electron chi connectivity index (χ0n) is 17.2. The van der Waals surface area contributed by atoms with Crippen molar-refractivity contribution >= 4 is 10.9 Å². The van der Waals surface area contributed by atoms with E-state index in [9.17, 15) is 0 Å². The minimum Gasteiger partial charge on any atom is -0.379 e. The Balaban J connectivity index is 1.37. The molecule has 29 heavy (non-hydrogen) atoms. The number of benzene rings is 2. The fraction of sp³-hybridized carbons (Fsp3) is 0.440. The monoisotopic (exact) mass is 387 g/mol. The van der Waals surface area contributed by atoms with E-state index in [1.165, 1.54) is 46.0 Å². The van der Waals surface area contributed by atoms with Crippen LogP contribution in [-0.4, -0.2) is 54.7 Å². The van der Waals surface area contributed by atoms with Crippen molar-refractivity contribution in [2.24, 2.45) is 0 Å². The van der Waals surface area contributed by atoms with Crippen LogP contribution >= 0.6 is 0 Å². The first kappa shape index (κ1) is 17.7. The Kier molecular flexibility index (Phi) is 4.09. The van der Waals surface area contributed by atoms with Gasteiger partial charge >= 0.3 is 0 Å². The molecule has 150 valence electrons. The molecule has 0 bridgehead atoms. The highest BCUT2D eigenvalue weighted by Crippen LogP contribution is 2.52. The molecule has 3 heterocycles. The van der Waals surface area contributed by atoms with Crippen molar-refractivity contribution in [3.8, 4) is 0 Å². The summed E-state index contributed by atoms with van der Waals surface area (Å²) in [7, 11) is 2.25. The van der Waals surface area contributed by atoms with E-state index in [4.69, 9.17) is 4.74 Å². The van der Waals surface area contributed by atoms with Crippen LogP contribution in [0.15, 0.2) is 48.7 Å². The summed E-state index contributed by atoms with van der Waals surface area (Å²) in [5, 5.41) is 1.29. The summed E-state index contributed by atoms with van der Waals surface area (Å²) in [6, 6.07) is 16.4. The van der Waals surface area contributed by atoms with E-state index in [2.05, 4.69) is 64.3 Å². The molecule has 1 atom stereocenters. The molecule has 4 nitrogen and oxygen atoms in total. The Bertz CT molecular complexity index is 1050. The van der Waals surface area contributed by atoms with Gasteiger partial charge in [-0.2, -0.15) is 0 Å². The second-order valence-corrected chi connectivity index (χ2v) is 9.12. The number of rotatable bonds is 3. The second-order valence-electron chi connectivity index (χ2n) is 9.12. The zero-order chi connectivity index (χ0) is 19.4. The van der Waals surface area contributed by atoms with Crippen LogP contribution in [0.2, 0.25) is 0 Å². The fourth-order valence-electron chi connectivity index (χ4n) is 5.60. The number of hydrogen-bond donors (Lipinski definition) is 1. The van der Waals surface area contributed by atoms with Crippen molar-refractivity contribution < 1.29 is 4.74 Å². The first-order chi connectivity index (χ1) is 14.2. The van der Waals surface area contributed by atoms with Crippen LogP contribution in [0.5, 0.6) is 0 Å². The van der Waals surface area contributed by atoms with Crippen molar-refractivity contribution in [1.82, 2.24) is 14.8 Å². The number of nitrogens with one attached hydrogen (secondary N) is 1. The number of nitrogens with zero attached hydrogens (tertiary/aromatic N) is 2. The van der Waals surface area contributed by atoms with E-state index in [1.54, 1.807) is 0 Å². The normalized spacial score (nSPS) is 24.5. The predicted molar refractivity (Wildman–Crippen MR) is 116 cm³/mol. The van der Waals surface area contributed by atoms with Crippen LogP contribution < -0.4 is 0 Å². The fourth-order valence-corrected chi connectivity index (χ4v) is 5.60. The number of aromatic amines is 1. The largest absolute Gasteiger partial charge is 0.379 e. The quantitative estimate of drug-likeness (QED) is 0.735. The molecule has 1 saturated carbocycles. The van der Waals surface area contributed by atoms with Crippen LogP contribution in [0.4, 0.5) is 0 Å². The maximum absolute atomic E-state index is 5.60. The van der Waals surface area contributed by atoms with Gasteiger partial charge in [-0.05, 0) is 59.7 Å². The van der Waals surface area contributed by atoms with Gasteiger partial charge in [0.2, 0.25) is 0 Å². The minimum atomic E-state index is 0.271. The molecule has 1 aromatic heterocycles. The summed E-state index contributed by atoms with van der Waals surface area (Å²) in [4.78, 5) is 8.52. The summed E-state index contributed by atoms with van der Waals surface area (Å²) < 4.78 is 5.60. The molecular formula is C25H29N3O. The number of ether oxygens (including phenoxy) is 1. The highest BCUT2D eigenvalue weighted by molar-refractivity contribution is 5.80. The molecule has 1 unspecified atom stereocenters. The van der Waals surface area contributed by atoms with Crippen molar-refractivity contribution in [3.05, 3.63) is 70.9 Å². The molecule has 2 aliphatic heterocycles. The van der Waals surface area contributed by atoms with Crippen LogP contribution in [0, 0.1) is 0 Å². The Morgan fingerprint density at radius 1 is 1.03 bits per heavy atom. The van der Waals surface area contributed by atoms with Crippen LogP contribution in [0.1, 0.15) is 41.0 Å². The van der Waals surface area contributed by atoms with E-state index < -0.39 is 0 Å². The maximum Gasteiger partial charge on any atom is 0.0594 e. The lowest BCUT2D eigenvalue weighted by atomic mass is 9.83. The summed E-state index contributed by atoms with van der Waals surface area (Å²) in [5.74, 6) is 0.434. The number of likely N-dealkylation sites (N-methyl/N-ethyl adjacent to an activating group) is 1. The molecule has 2 aromatic carbocycles. The van der Waals surface area contributed by atoms with Gasteiger partial charge in [0.25, 0.3) is 0 Å². The lowest BCUT2D eigenvalue weighted by Crippen LogP contribution is -2.43. The Labute approximate surface area is 172 Å². The average molecular weight is 388 g/mol. The first-order valence-corrected chi connectivity index (χ1v) is 10.9. The molecule has 0 spiro atoms. The molecule has 1 aliphatic carbocycles. The van der Waals surface area contributed by atoms with Gasteiger partial charge in [0, 0.05) is 49.3 Å². The third-order valence-corrected chi connectivity index (χ3v) is 7.31. The third-order valence-electron chi connectivity index (χ3n) is 7.31. The molecule has 2 fully saturated rings. The van der Waals surface area contributed by atoms with Crippen LogP contribution in [0.25, 0.3) is 10.9 Å². The minimum absolute atomic E-state index is 0.271. The van der Waals surface area contributed by atoms with E-state index in [0.717, 1.165) is 39.4 Å². The number of morpholine rings is 1. The van der Waals surface area contributed by atoms with E-state index in [0.29, 0.717) is 5.92 Å². The molecule has 0 radical (unpaired) electrons. The smallest absolute Gasteiger partial charge is 0.0594 e. The van der Waals surface area contributed by atoms with E-state index in [-0.39, 0.29) is 5.54 Å². The van der Waals surface area contributed by atoms with Gasteiger partial charge in [-0.25, -0.2) is 0 Å². The van der Waals surface area contributed by atoms with Gasteiger partial charge < -0.3 is 14.6 Å². The van der Waals surface area contributed by atoms with Crippen LogP contribution in [-0.2, 0) is 16.8 Å². The average Bonchev–Trinajstić information content (AvgIpc) is 3.44. The van der Waals surface area contributed by atoms with Crippen molar-refractivity contribution in [1.29, 1.82) is 0 Å². The number of hydrogen-bond acceptors (Lipinski definition) is 3. The zero-order valence-corrected chi connectivity index (χ0v) is 17.2. The molecule has 3 aromatic rings. The van der Waals surface area contributed by atoms with Crippen LogP contribution in [0.3, 0.4) is 0 Å². The number of fused-ring (bicyclic) bond motifs is 2. The van der Waals surface area contributed by atoms with Gasteiger partial charge in [0.05, 0.1) is 13.2 Å². The predicted octanol–water partition coefficient (Wildman–Crippen LogP) is 4.07. The standard InChI is InChI=1S/C25H29N3O/c1-27-16-20-14-21(25(7-8-25)28-10-12-29-13-11-28)4-5-22(20)23(17-27)19-3-2-18-6-9-26-24(18)15-19/h2-6,9,14-15,23,26H,7-8,10-13,16-17H2,1H3.